The molecule has 2 aliphatic rings. The summed E-state index contributed by atoms with van der Waals surface area (Å²) in [4.78, 5) is 12.5. The number of pyridine rings is 2. The second-order valence-corrected chi connectivity index (χ2v) is 8.95. The van der Waals surface area contributed by atoms with Crippen molar-refractivity contribution in [2.75, 3.05) is 57.9 Å². The van der Waals surface area contributed by atoms with Gasteiger partial charge in [-0.1, -0.05) is 6.07 Å². The number of hydrogen-bond acceptors (Lipinski definition) is 8. The van der Waals surface area contributed by atoms with Crippen LogP contribution in [0.1, 0.15) is 18.4 Å². The molecule has 8 heteroatoms. The standard InChI is InChI=1S/C22H31N5O2S/c1-28-22-7-4-18(15-25-22)13-23-14-19-3-2-8-27(17-19)30-20-5-6-21(24-16-20)26-9-11-29-12-10-26/h4-7,15-16,19,23H,2-3,8-14,17H2,1H3. The van der Waals surface area contributed by atoms with Crippen molar-refractivity contribution in [3.8, 4) is 5.88 Å². The first kappa shape index (κ1) is 21.4. The summed E-state index contributed by atoms with van der Waals surface area (Å²) >= 11 is 1.83. The lowest BCUT2D eigenvalue weighted by Crippen LogP contribution is -2.36. The number of piperidine rings is 1. The molecule has 0 aliphatic carbocycles. The molecule has 0 radical (unpaired) electrons. The van der Waals surface area contributed by atoms with Gasteiger partial charge in [-0.05, 0) is 54.9 Å². The van der Waals surface area contributed by atoms with E-state index in [2.05, 4.69) is 42.7 Å². The SMILES string of the molecule is COc1ccc(CNCC2CCCN(Sc3ccc(N4CCOCC4)nc3)C2)cn1. The van der Waals surface area contributed by atoms with Crippen LogP contribution in [0.3, 0.4) is 0 Å². The highest BCUT2D eigenvalue weighted by molar-refractivity contribution is 7.97. The van der Waals surface area contributed by atoms with E-state index in [9.17, 15) is 0 Å². The molecule has 0 bridgehead atoms. The van der Waals surface area contributed by atoms with Crippen molar-refractivity contribution in [3.05, 3.63) is 42.2 Å². The number of hydrogen-bond donors (Lipinski definition) is 1. The number of nitrogens with one attached hydrogen (secondary N) is 1. The van der Waals surface area contributed by atoms with Gasteiger partial charge in [-0.25, -0.2) is 14.3 Å². The predicted molar refractivity (Wildman–Crippen MR) is 120 cm³/mol. The van der Waals surface area contributed by atoms with Crippen LogP contribution < -0.4 is 15.0 Å². The van der Waals surface area contributed by atoms with E-state index in [1.807, 2.05) is 30.4 Å². The number of rotatable bonds is 8. The molecule has 2 saturated heterocycles. The van der Waals surface area contributed by atoms with Crippen molar-refractivity contribution < 1.29 is 9.47 Å². The summed E-state index contributed by atoms with van der Waals surface area (Å²) in [6.45, 7) is 7.52. The van der Waals surface area contributed by atoms with Gasteiger partial charge in [-0.3, -0.25) is 0 Å². The molecule has 1 atom stereocenters. The molecule has 4 heterocycles. The fraction of sp³-hybridized carbons (Fsp3) is 0.545. The van der Waals surface area contributed by atoms with Gasteiger partial charge >= 0.3 is 0 Å². The molecule has 162 valence electrons. The summed E-state index contributed by atoms with van der Waals surface area (Å²) in [5.74, 6) is 2.38. The first-order chi connectivity index (χ1) is 14.8. The molecule has 4 rings (SSSR count). The van der Waals surface area contributed by atoms with E-state index in [0.717, 1.165) is 58.3 Å². The van der Waals surface area contributed by atoms with Crippen LogP contribution in [0.15, 0.2) is 41.6 Å². The molecule has 0 amide bonds. The van der Waals surface area contributed by atoms with Gasteiger partial charge in [0.05, 0.1) is 20.3 Å². The highest BCUT2D eigenvalue weighted by atomic mass is 32.2. The van der Waals surface area contributed by atoms with Gasteiger partial charge in [0, 0.05) is 56.1 Å². The maximum Gasteiger partial charge on any atom is 0.212 e. The van der Waals surface area contributed by atoms with Crippen molar-refractivity contribution in [2.45, 2.75) is 24.3 Å². The van der Waals surface area contributed by atoms with E-state index in [1.54, 1.807) is 7.11 Å². The summed E-state index contributed by atoms with van der Waals surface area (Å²) in [6, 6.07) is 8.31. The van der Waals surface area contributed by atoms with E-state index >= 15 is 0 Å². The quantitative estimate of drug-likeness (QED) is 0.643. The van der Waals surface area contributed by atoms with E-state index in [4.69, 9.17) is 9.47 Å². The lowest BCUT2D eigenvalue weighted by Gasteiger charge is -2.32. The minimum absolute atomic E-state index is 0.658. The molecule has 0 spiro atoms. The molecule has 0 aromatic carbocycles. The van der Waals surface area contributed by atoms with E-state index in [-0.39, 0.29) is 0 Å². The Labute approximate surface area is 183 Å². The van der Waals surface area contributed by atoms with Crippen molar-refractivity contribution in [1.29, 1.82) is 0 Å². The molecule has 30 heavy (non-hydrogen) atoms. The second kappa shape index (κ2) is 10.9. The Morgan fingerprint density at radius 1 is 1.13 bits per heavy atom. The van der Waals surface area contributed by atoms with Crippen molar-refractivity contribution in [3.63, 3.8) is 0 Å². The third kappa shape index (κ3) is 6.07. The Bertz CT molecular complexity index is 768. The first-order valence-corrected chi connectivity index (χ1v) is 11.5. The van der Waals surface area contributed by atoms with Gasteiger partial charge in [-0.2, -0.15) is 0 Å². The van der Waals surface area contributed by atoms with Crippen LogP contribution in [0.25, 0.3) is 0 Å². The number of nitrogens with zero attached hydrogens (tertiary/aromatic N) is 4. The zero-order valence-electron chi connectivity index (χ0n) is 17.6. The number of morpholine rings is 1. The number of methoxy groups -OCH3 is 1. The Morgan fingerprint density at radius 2 is 2.03 bits per heavy atom. The fourth-order valence-corrected chi connectivity index (χ4v) is 4.92. The zero-order chi connectivity index (χ0) is 20.6. The molecular weight excluding hydrogens is 398 g/mol. The molecule has 1 N–H and O–H groups in total. The summed E-state index contributed by atoms with van der Waals surface area (Å²) in [7, 11) is 1.64. The van der Waals surface area contributed by atoms with Gasteiger partial charge < -0.3 is 19.7 Å². The van der Waals surface area contributed by atoms with Crippen LogP contribution >= 0.6 is 11.9 Å². The van der Waals surface area contributed by atoms with E-state index < -0.39 is 0 Å². The molecule has 2 aliphatic heterocycles. The van der Waals surface area contributed by atoms with E-state index in [1.165, 1.54) is 23.3 Å². The Hall–Kier alpha value is -1.87. The average molecular weight is 430 g/mol. The second-order valence-electron chi connectivity index (χ2n) is 7.78. The fourth-order valence-electron chi connectivity index (χ4n) is 3.89. The van der Waals surface area contributed by atoms with Crippen molar-refractivity contribution in [2.24, 2.45) is 5.92 Å². The predicted octanol–water partition coefficient (Wildman–Crippen LogP) is 2.83. The molecule has 2 fully saturated rings. The molecule has 2 aromatic rings. The summed E-state index contributed by atoms with van der Waals surface area (Å²) in [5, 5.41) is 3.59. The molecule has 7 nitrogen and oxygen atoms in total. The van der Waals surface area contributed by atoms with Crippen LogP contribution in [0.2, 0.25) is 0 Å². The zero-order valence-corrected chi connectivity index (χ0v) is 18.4. The molecule has 0 saturated carbocycles. The van der Waals surface area contributed by atoms with Gasteiger partial charge in [-0.15, -0.1) is 0 Å². The van der Waals surface area contributed by atoms with Gasteiger partial charge in [0.25, 0.3) is 0 Å². The molecular formula is C22H31N5O2S. The minimum atomic E-state index is 0.658. The monoisotopic (exact) mass is 429 g/mol. The van der Waals surface area contributed by atoms with Gasteiger partial charge in [0.15, 0.2) is 0 Å². The number of anilines is 1. The van der Waals surface area contributed by atoms with Crippen LogP contribution in [0.5, 0.6) is 5.88 Å². The highest BCUT2D eigenvalue weighted by Crippen LogP contribution is 2.29. The number of ether oxygens (including phenoxy) is 2. The maximum atomic E-state index is 5.42. The Balaban J connectivity index is 1.21. The first-order valence-electron chi connectivity index (χ1n) is 10.7. The Morgan fingerprint density at radius 3 is 2.77 bits per heavy atom. The lowest BCUT2D eigenvalue weighted by molar-refractivity contribution is 0.122. The van der Waals surface area contributed by atoms with Gasteiger partial charge in [0.1, 0.15) is 5.82 Å². The highest BCUT2D eigenvalue weighted by Gasteiger charge is 2.21. The molecule has 1 unspecified atom stereocenters. The third-order valence-electron chi connectivity index (χ3n) is 5.54. The van der Waals surface area contributed by atoms with Crippen LogP contribution in [-0.4, -0.2) is 67.3 Å². The minimum Gasteiger partial charge on any atom is -0.481 e. The average Bonchev–Trinajstić information content (AvgIpc) is 2.81. The molecule has 2 aromatic heterocycles. The van der Waals surface area contributed by atoms with Crippen LogP contribution in [-0.2, 0) is 11.3 Å². The smallest absolute Gasteiger partial charge is 0.212 e. The number of aromatic nitrogens is 2. The topological polar surface area (TPSA) is 62.8 Å². The maximum absolute atomic E-state index is 5.42. The van der Waals surface area contributed by atoms with Crippen molar-refractivity contribution >= 4 is 17.8 Å². The summed E-state index contributed by atoms with van der Waals surface area (Å²) in [6.07, 6.45) is 6.40. The van der Waals surface area contributed by atoms with Crippen LogP contribution in [0, 0.1) is 5.92 Å². The summed E-state index contributed by atoms with van der Waals surface area (Å²) < 4.78 is 13.0. The Kier molecular flexibility index (Phi) is 7.80. The van der Waals surface area contributed by atoms with E-state index in [0.29, 0.717) is 11.8 Å². The largest absolute Gasteiger partial charge is 0.481 e. The third-order valence-corrected chi connectivity index (χ3v) is 6.58. The van der Waals surface area contributed by atoms with Crippen molar-refractivity contribution in [1.82, 2.24) is 19.6 Å². The van der Waals surface area contributed by atoms with Crippen LogP contribution in [0.4, 0.5) is 5.82 Å². The summed E-state index contributed by atoms with van der Waals surface area (Å²) in [5.41, 5.74) is 1.18. The van der Waals surface area contributed by atoms with Gasteiger partial charge in [0.2, 0.25) is 5.88 Å². The lowest BCUT2D eigenvalue weighted by atomic mass is 10.00. The normalized spacial score (nSPS) is 20.3.